The Morgan fingerprint density at radius 3 is 2.24 bits per heavy atom. The van der Waals surface area contributed by atoms with E-state index in [1.54, 1.807) is 33.5 Å². The van der Waals surface area contributed by atoms with Gasteiger partial charge in [-0.05, 0) is 45.8 Å². The van der Waals surface area contributed by atoms with Gasteiger partial charge in [-0.2, -0.15) is 0 Å². The number of halogens is 2. The van der Waals surface area contributed by atoms with E-state index < -0.39 is 0 Å². The topological polar surface area (TPSA) is 78.1 Å². The molecule has 3 N–H and O–H groups in total. The van der Waals surface area contributed by atoms with E-state index in [-0.39, 0.29) is 24.0 Å². The van der Waals surface area contributed by atoms with Crippen LogP contribution >= 0.6 is 39.9 Å². The second-order valence-corrected chi connectivity index (χ2v) is 5.72. The van der Waals surface area contributed by atoms with Crippen molar-refractivity contribution in [2.75, 3.05) is 26.6 Å². The van der Waals surface area contributed by atoms with Gasteiger partial charge in [-0.1, -0.05) is 6.07 Å². The maximum atomic E-state index is 5.94. The van der Waals surface area contributed by atoms with Crippen molar-refractivity contribution in [3.05, 3.63) is 46.4 Å². The number of aliphatic imine (C=N–C) groups is 1. The number of methoxy groups -OCH3 is 3. The fourth-order valence-electron chi connectivity index (χ4n) is 2.09. The molecule has 25 heavy (non-hydrogen) atoms. The standard InChI is InChI=1S/C17H20BrN3O3.HI/c1-22-14-6-4-11(8-13(14)18)10-20-17(19)21-12-5-7-15(23-2)16(9-12)24-3;/h4-9H,10H2,1-3H3,(H3,19,20,21);1H. The molecule has 0 unspecified atom stereocenters. The van der Waals surface area contributed by atoms with Gasteiger partial charge in [0.2, 0.25) is 0 Å². The normalized spacial score (nSPS) is 10.6. The van der Waals surface area contributed by atoms with E-state index in [9.17, 15) is 0 Å². The molecule has 0 radical (unpaired) electrons. The Balaban J connectivity index is 0.00000312. The molecule has 0 fully saturated rings. The van der Waals surface area contributed by atoms with Gasteiger partial charge in [-0.3, -0.25) is 0 Å². The van der Waals surface area contributed by atoms with E-state index in [1.807, 2.05) is 24.3 Å². The highest BCUT2D eigenvalue weighted by atomic mass is 127. The molecule has 0 aliphatic heterocycles. The number of guanidine groups is 1. The zero-order chi connectivity index (χ0) is 17.5. The van der Waals surface area contributed by atoms with Crippen LogP contribution in [-0.2, 0) is 6.54 Å². The fraction of sp³-hybridized carbons (Fsp3) is 0.235. The summed E-state index contributed by atoms with van der Waals surface area (Å²) in [5.74, 6) is 2.37. The van der Waals surface area contributed by atoms with Crippen molar-refractivity contribution in [2.24, 2.45) is 10.7 Å². The Morgan fingerprint density at radius 2 is 1.64 bits per heavy atom. The Morgan fingerprint density at radius 1 is 1.00 bits per heavy atom. The molecular formula is C17H21BrIN3O3. The van der Waals surface area contributed by atoms with E-state index >= 15 is 0 Å². The monoisotopic (exact) mass is 521 g/mol. The molecule has 0 atom stereocenters. The van der Waals surface area contributed by atoms with Gasteiger partial charge in [0.1, 0.15) is 5.75 Å². The molecule has 0 amide bonds. The summed E-state index contributed by atoms with van der Waals surface area (Å²) in [7, 11) is 4.80. The molecule has 136 valence electrons. The second-order valence-electron chi connectivity index (χ2n) is 4.87. The van der Waals surface area contributed by atoms with Crippen LogP contribution in [0.25, 0.3) is 0 Å². The van der Waals surface area contributed by atoms with Gasteiger partial charge in [0, 0.05) is 11.8 Å². The first-order valence-electron chi connectivity index (χ1n) is 7.18. The summed E-state index contributed by atoms with van der Waals surface area (Å²) in [6, 6.07) is 11.2. The predicted octanol–water partition coefficient (Wildman–Crippen LogP) is 4.02. The molecule has 0 aliphatic rings. The third-order valence-electron chi connectivity index (χ3n) is 3.30. The maximum Gasteiger partial charge on any atom is 0.193 e. The Bertz CT molecular complexity index is 741. The molecule has 6 nitrogen and oxygen atoms in total. The largest absolute Gasteiger partial charge is 0.496 e. The third-order valence-corrected chi connectivity index (χ3v) is 3.92. The van der Waals surface area contributed by atoms with Gasteiger partial charge in [0.05, 0.1) is 32.3 Å². The van der Waals surface area contributed by atoms with Gasteiger partial charge in [-0.15, -0.1) is 24.0 Å². The Hall–Kier alpha value is -1.68. The molecule has 2 aromatic rings. The van der Waals surface area contributed by atoms with Crippen LogP contribution in [0.1, 0.15) is 5.56 Å². The lowest BCUT2D eigenvalue weighted by atomic mass is 10.2. The number of ether oxygens (including phenoxy) is 3. The molecule has 0 bridgehead atoms. The van der Waals surface area contributed by atoms with Gasteiger partial charge >= 0.3 is 0 Å². The first kappa shape index (κ1) is 21.4. The van der Waals surface area contributed by atoms with Crippen LogP contribution in [0.3, 0.4) is 0 Å². The van der Waals surface area contributed by atoms with Crippen molar-refractivity contribution >= 4 is 51.6 Å². The van der Waals surface area contributed by atoms with Crippen LogP contribution in [-0.4, -0.2) is 27.3 Å². The number of benzene rings is 2. The summed E-state index contributed by atoms with van der Waals surface area (Å²) in [4.78, 5) is 4.33. The molecule has 0 aromatic heterocycles. The summed E-state index contributed by atoms with van der Waals surface area (Å²) >= 11 is 3.45. The minimum absolute atomic E-state index is 0. The highest BCUT2D eigenvalue weighted by molar-refractivity contribution is 14.0. The number of anilines is 1. The van der Waals surface area contributed by atoms with Crippen LogP contribution in [0.2, 0.25) is 0 Å². The van der Waals surface area contributed by atoms with Crippen molar-refractivity contribution in [1.29, 1.82) is 0 Å². The SMILES string of the molecule is COc1ccc(CN=C(N)Nc2ccc(OC)c(OC)c2)cc1Br.I. The fourth-order valence-corrected chi connectivity index (χ4v) is 2.67. The highest BCUT2D eigenvalue weighted by Crippen LogP contribution is 2.29. The van der Waals surface area contributed by atoms with Crippen molar-refractivity contribution in [3.63, 3.8) is 0 Å². The van der Waals surface area contributed by atoms with Crippen molar-refractivity contribution < 1.29 is 14.2 Å². The summed E-state index contributed by atoms with van der Waals surface area (Å²) in [5.41, 5.74) is 7.72. The van der Waals surface area contributed by atoms with Gasteiger partial charge in [-0.25, -0.2) is 4.99 Å². The minimum atomic E-state index is 0. The van der Waals surface area contributed by atoms with Crippen molar-refractivity contribution in [3.8, 4) is 17.2 Å². The number of nitrogens with one attached hydrogen (secondary N) is 1. The molecule has 8 heteroatoms. The van der Waals surface area contributed by atoms with Crippen molar-refractivity contribution in [1.82, 2.24) is 0 Å². The van der Waals surface area contributed by atoms with E-state index in [2.05, 4.69) is 26.2 Å². The predicted molar refractivity (Wildman–Crippen MR) is 115 cm³/mol. The van der Waals surface area contributed by atoms with Gasteiger partial charge < -0.3 is 25.3 Å². The first-order valence-corrected chi connectivity index (χ1v) is 7.98. The van der Waals surface area contributed by atoms with E-state index in [0.29, 0.717) is 24.0 Å². The quantitative estimate of drug-likeness (QED) is 0.341. The molecule has 2 rings (SSSR count). The zero-order valence-electron chi connectivity index (χ0n) is 14.2. The average Bonchev–Trinajstić information content (AvgIpc) is 2.60. The summed E-state index contributed by atoms with van der Waals surface area (Å²) < 4.78 is 16.5. The molecule has 2 aromatic carbocycles. The molecule has 0 saturated carbocycles. The minimum Gasteiger partial charge on any atom is -0.496 e. The summed E-state index contributed by atoms with van der Waals surface area (Å²) in [6.45, 7) is 0.453. The number of nitrogens with zero attached hydrogens (tertiary/aromatic N) is 1. The summed E-state index contributed by atoms with van der Waals surface area (Å²) in [5, 5.41) is 3.03. The smallest absolute Gasteiger partial charge is 0.193 e. The van der Waals surface area contributed by atoms with Crippen LogP contribution in [0.5, 0.6) is 17.2 Å². The Kier molecular flexibility index (Phi) is 8.84. The van der Waals surface area contributed by atoms with E-state index in [0.717, 1.165) is 21.5 Å². The first-order chi connectivity index (χ1) is 11.6. The molecular weight excluding hydrogens is 501 g/mol. The van der Waals surface area contributed by atoms with Crippen molar-refractivity contribution in [2.45, 2.75) is 6.54 Å². The molecule has 0 aliphatic carbocycles. The van der Waals surface area contributed by atoms with E-state index in [4.69, 9.17) is 19.9 Å². The van der Waals surface area contributed by atoms with E-state index in [1.165, 1.54) is 0 Å². The molecule has 0 heterocycles. The van der Waals surface area contributed by atoms with Crippen LogP contribution in [0, 0.1) is 0 Å². The number of hydrogen-bond donors (Lipinski definition) is 2. The lowest BCUT2D eigenvalue weighted by molar-refractivity contribution is 0.355. The lowest BCUT2D eigenvalue weighted by Gasteiger charge is -2.11. The maximum absolute atomic E-state index is 5.94. The third kappa shape index (κ3) is 5.96. The number of hydrogen-bond acceptors (Lipinski definition) is 4. The van der Waals surface area contributed by atoms with Crippen LogP contribution in [0.15, 0.2) is 45.9 Å². The molecule has 0 spiro atoms. The summed E-state index contributed by atoms with van der Waals surface area (Å²) in [6.07, 6.45) is 0. The second kappa shape index (κ2) is 10.3. The van der Waals surface area contributed by atoms with Crippen LogP contribution < -0.4 is 25.3 Å². The molecule has 0 saturated heterocycles. The number of nitrogens with two attached hydrogens (primary N) is 1. The average molecular weight is 522 g/mol. The lowest BCUT2D eigenvalue weighted by Crippen LogP contribution is -2.22. The zero-order valence-corrected chi connectivity index (χ0v) is 18.1. The van der Waals surface area contributed by atoms with Gasteiger partial charge in [0.15, 0.2) is 17.5 Å². The highest BCUT2D eigenvalue weighted by Gasteiger charge is 2.05. The number of rotatable bonds is 6. The van der Waals surface area contributed by atoms with Gasteiger partial charge in [0.25, 0.3) is 0 Å². The Labute approximate surface area is 172 Å². The van der Waals surface area contributed by atoms with Crippen LogP contribution in [0.4, 0.5) is 5.69 Å².